The van der Waals surface area contributed by atoms with Gasteiger partial charge in [0, 0.05) is 5.92 Å². The van der Waals surface area contributed by atoms with Crippen LogP contribution in [0.4, 0.5) is 8.78 Å². The van der Waals surface area contributed by atoms with Gasteiger partial charge in [0.2, 0.25) is 0 Å². The van der Waals surface area contributed by atoms with Crippen LogP contribution in [0, 0.1) is 35.3 Å². The monoisotopic (exact) mass is 402 g/mol. The molecule has 1 aromatic rings. The molecule has 0 bridgehead atoms. The van der Waals surface area contributed by atoms with Gasteiger partial charge in [-0.1, -0.05) is 30.4 Å². The molecule has 0 aromatic heterocycles. The Bertz CT molecular complexity index is 791. The summed E-state index contributed by atoms with van der Waals surface area (Å²) in [5, 5.41) is 0. The number of hydrogen-bond acceptors (Lipinski definition) is 3. The Morgan fingerprint density at radius 3 is 2.48 bits per heavy atom. The van der Waals surface area contributed by atoms with Crippen LogP contribution in [0.15, 0.2) is 42.5 Å². The Kier molecular flexibility index (Phi) is 7.34. The minimum atomic E-state index is -0.979. The summed E-state index contributed by atoms with van der Waals surface area (Å²) in [5.74, 6) is -2.71. The van der Waals surface area contributed by atoms with Crippen molar-refractivity contribution < 1.29 is 23.1 Å². The number of halogens is 2. The lowest BCUT2D eigenvalue weighted by molar-refractivity contribution is -0.153. The maximum atomic E-state index is 13.6. The van der Waals surface area contributed by atoms with Crippen molar-refractivity contribution in [3.8, 4) is 0 Å². The number of Topliss-reactive ketones (excluding diaryl/α,β-unsaturated/α-hetero) is 1. The summed E-state index contributed by atoms with van der Waals surface area (Å²) in [6.07, 6.45) is 13.1. The predicted molar refractivity (Wildman–Crippen MR) is 107 cm³/mol. The van der Waals surface area contributed by atoms with E-state index >= 15 is 0 Å². The fraction of sp³-hybridized carbons (Fsp3) is 0.500. The van der Waals surface area contributed by atoms with E-state index in [0.29, 0.717) is 17.4 Å². The summed E-state index contributed by atoms with van der Waals surface area (Å²) >= 11 is 0. The molecule has 1 aromatic carbocycles. The summed E-state index contributed by atoms with van der Waals surface area (Å²) in [4.78, 5) is 25.6. The van der Waals surface area contributed by atoms with E-state index < -0.39 is 23.5 Å². The lowest BCUT2D eigenvalue weighted by Gasteiger charge is -2.33. The third-order valence-electron chi connectivity index (χ3n) is 6.13. The molecule has 0 radical (unpaired) electrons. The highest BCUT2D eigenvalue weighted by molar-refractivity contribution is 6.00. The second-order valence-corrected chi connectivity index (χ2v) is 7.98. The molecule has 0 aliphatic heterocycles. The van der Waals surface area contributed by atoms with E-state index in [-0.39, 0.29) is 24.7 Å². The fourth-order valence-corrected chi connectivity index (χ4v) is 4.51. The average molecular weight is 402 g/mol. The van der Waals surface area contributed by atoms with Gasteiger partial charge in [-0.2, -0.15) is 0 Å². The van der Waals surface area contributed by atoms with E-state index in [1.54, 1.807) is 6.92 Å². The number of carbonyl (C=O) groups is 2. The molecule has 1 saturated carbocycles. The van der Waals surface area contributed by atoms with E-state index in [4.69, 9.17) is 4.74 Å². The summed E-state index contributed by atoms with van der Waals surface area (Å²) in [5.41, 5.74) is 0.420. The van der Waals surface area contributed by atoms with Gasteiger partial charge in [0.25, 0.3) is 0 Å². The summed E-state index contributed by atoms with van der Waals surface area (Å²) in [6, 6.07) is 3.49. The van der Waals surface area contributed by atoms with Crippen molar-refractivity contribution >= 4 is 11.8 Å². The van der Waals surface area contributed by atoms with Gasteiger partial charge >= 0.3 is 5.97 Å². The van der Waals surface area contributed by atoms with Crippen LogP contribution >= 0.6 is 0 Å². The van der Waals surface area contributed by atoms with Crippen LogP contribution in [0.1, 0.15) is 44.6 Å². The summed E-state index contributed by atoms with van der Waals surface area (Å²) in [6.45, 7) is 1.86. The third-order valence-corrected chi connectivity index (χ3v) is 6.13. The maximum absolute atomic E-state index is 13.6. The second kappa shape index (κ2) is 9.95. The zero-order valence-corrected chi connectivity index (χ0v) is 16.8. The van der Waals surface area contributed by atoms with Gasteiger partial charge in [-0.05, 0) is 75.0 Å². The van der Waals surface area contributed by atoms with Gasteiger partial charge in [0.15, 0.2) is 17.4 Å². The van der Waals surface area contributed by atoms with Crippen molar-refractivity contribution in [2.45, 2.75) is 45.4 Å². The first-order valence-electron chi connectivity index (χ1n) is 10.5. The largest absolute Gasteiger partial charge is 0.465 e. The quantitative estimate of drug-likeness (QED) is 0.465. The van der Waals surface area contributed by atoms with E-state index in [0.717, 1.165) is 44.2 Å². The molecule has 3 rings (SSSR count). The van der Waals surface area contributed by atoms with E-state index in [1.807, 2.05) is 0 Å². The van der Waals surface area contributed by atoms with Crippen molar-refractivity contribution in [2.75, 3.05) is 6.61 Å². The van der Waals surface area contributed by atoms with Crippen LogP contribution in [-0.4, -0.2) is 18.4 Å². The van der Waals surface area contributed by atoms with Gasteiger partial charge in [0.05, 0.1) is 6.61 Å². The Morgan fingerprint density at radius 1 is 1.10 bits per heavy atom. The minimum Gasteiger partial charge on any atom is -0.465 e. The Balaban J connectivity index is 1.66. The third kappa shape index (κ3) is 5.40. The zero-order chi connectivity index (χ0) is 20.8. The first-order chi connectivity index (χ1) is 14.0. The van der Waals surface area contributed by atoms with Crippen molar-refractivity contribution in [1.82, 2.24) is 0 Å². The number of ketones is 1. The number of esters is 1. The standard InChI is InChI=1S/C24H28F2O3/c1-2-29-24(28)20(14-16-8-13-21(25)22(26)15-16)23(27)19-11-9-18(10-12-19)17-6-4-3-5-7-17/h3-6,8,13,15,17-20H,2,7,9-12,14H2,1H3/t17?,18-,19-,20?. The molecule has 2 unspecified atom stereocenters. The van der Waals surface area contributed by atoms with Gasteiger partial charge in [-0.25, -0.2) is 8.78 Å². The first-order valence-corrected chi connectivity index (χ1v) is 10.5. The molecule has 0 heterocycles. The molecule has 0 saturated heterocycles. The molecule has 3 nitrogen and oxygen atoms in total. The highest BCUT2D eigenvalue weighted by Gasteiger charge is 2.36. The van der Waals surface area contributed by atoms with Crippen molar-refractivity contribution in [3.05, 3.63) is 59.7 Å². The molecule has 156 valence electrons. The number of hydrogen-bond donors (Lipinski definition) is 0. The molecular weight excluding hydrogens is 374 g/mol. The van der Waals surface area contributed by atoms with Gasteiger partial charge in [-0.15, -0.1) is 0 Å². The molecule has 2 aliphatic rings. The molecule has 5 heteroatoms. The number of rotatable bonds is 7. The molecule has 2 aliphatic carbocycles. The van der Waals surface area contributed by atoms with E-state index in [2.05, 4.69) is 24.3 Å². The van der Waals surface area contributed by atoms with Crippen LogP contribution in [0.3, 0.4) is 0 Å². The van der Waals surface area contributed by atoms with Crippen LogP contribution < -0.4 is 0 Å². The molecule has 1 fully saturated rings. The molecular formula is C24H28F2O3. The summed E-state index contributed by atoms with van der Waals surface area (Å²) in [7, 11) is 0. The summed E-state index contributed by atoms with van der Waals surface area (Å²) < 4.78 is 31.9. The Morgan fingerprint density at radius 2 is 1.86 bits per heavy atom. The number of allylic oxidation sites excluding steroid dienone is 4. The van der Waals surface area contributed by atoms with Gasteiger partial charge in [0.1, 0.15) is 5.92 Å². The second-order valence-electron chi connectivity index (χ2n) is 7.98. The van der Waals surface area contributed by atoms with Crippen molar-refractivity contribution in [3.63, 3.8) is 0 Å². The van der Waals surface area contributed by atoms with Crippen molar-refractivity contribution in [1.29, 1.82) is 0 Å². The molecule has 2 atom stereocenters. The Hall–Kier alpha value is -2.30. The smallest absolute Gasteiger partial charge is 0.316 e. The minimum absolute atomic E-state index is 0.0327. The average Bonchev–Trinajstić information content (AvgIpc) is 2.75. The van der Waals surface area contributed by atoms with Crippen LogP contribution in [0.5, 0.6) is 0 Å². The van der Waals surface area contributed by atoms with Crippen LogP contribution in [-0.2, 0) is 20.7 Å². The number of carbonyl (C=O) groups excluding carboxylic acids is 2. The highest BCUT2D eigenvalue weighted by atomic mass is 19.2. The molecule has 29 heavy (non-hydrogen) atoms. The van der Waals surface area contributed by atoms with Crippen LogP contribution in [0.25, 0.3) is 0 Å². The maximum Gasteiger partial charge on any atom is 0.316 e. The number of benzene rings is 1. The lowest BCUT2D eigenvalue weighted by Crippen LogP contribution is -2.35. The van der Waals surface area contributed by atoms with E-state index in [1.165, 1.54) is 6.07 Å². The zero-order valence-electron chi connectivity index (χ0n) is 16.8. The number of ether oxygens (including phenoxy) is 1. The van der Waals surface area contributed by atoms with Crippen molar-refractivity contribution in [2.24, 2.45) is 23.7 Å². The van der Waals surface area contributed by atoms with Gasteiger partial charge < -0.3 is 4.74 Å². The topological polar surface area (TPSA) is 43.4 Å². The lowest BCUT2D eigenvalue weighted by atomic mass is 9.71. The molecule has 0 spiro atoms. The Labute approximate surface area is 170 Å². The van der Waals surface area contributed by atoms with Crippen LogP contribution in [0.2, 0.25) is 0 Å². The predicted octanol–water partition coefficient (Wildman–Crippen LogP) is 5.19. The first kappa shape index (κ1) is 21.4. The highest BCUT2D eigenvalue weighted by Crippen LogP contribution is 2.38. The van der Waals surface area contributed by atoms with Gasteiger partial charge in [-0.3, -0.25) is 9.59 Å². The molecule has 0 N–H and O–H groups in total. The molecule has 0 amide bonds. The fourth-order valence-electron chi connectivity index (χ4n) is 4.51. The van der Waals surface area contributed by atoms with E-state index in [9.17, 15) is 18.4 Å². The normalized spacial score (nSPS) is 24.9. The SMILES string of the molecule is CCOC(=O)C(Cc1ccc(F)c(F)c1)C(=O)[C@H]1CC[C@H](C2C=CC=CC2)CC1.